The number of anilines is 1. The molecule has 0 radical (unpaired) electrons. The third-order valence-electron chi connectivity index (χ3n) is 3.15. The van der Waals surface area contributed by atoms with E-state index >= 15 is 0 Å². The molecule has 2 rings (SSSR count). The number of hydrogen-bond acceptors (Lipinski definition) is 2. The molecule has 1 saturated carbocycles. The zero-order chi connectivity index (χ0) is 11.5. The molecule has 1 atom stereocenters. The topological polar surface area (TPSA) is 21.3 Å². The Bertz CT molecular complexity index is 363. The minimum absolute atomic E-state index is 0.419. The van der Waals surface area contributed by atoms with Crippen LogP contribution in [0.15, 0.2) is 18.2 Å². The Hall–Kier alpha value is -0.730. The molecule has 1 aromatic rings. The standard InChI is InChI=1S/C13H18ClNO/c1-9-11(14)4-3-5-12(9)15-13(8-16-2)10-6-7-10/h3-5,10,13,15H,6-8H2,1-2H3. The number of halogens is 1. The van der Waals surface area contributed by atoms with Gasteiger partial charge in [0.05, 0.1) is 12.6 Å². The van der Waals surface area contributed by atoms with Crippen LogP contribution in [0.5, 0.6) is 0 Å². The van der Waals surface area contributed by atoms with Crippen LogP contribution in [0.4, 0.5) is 5.69 Å². The van der Waals surface area contributed by atoms with Crippen molar-refractivity contribution in [2.75, 3.05) is 19.0 Å². The third kappa shape index (κ3) is 2.69. The summed E-state index contributed by atoms with van der Waals surface area (Å²) in [6.07, 6.45) is 2.61. The number of rotatable bonds is 5. The second-order valence-electron chi connectivity index (χ2n) is 4.46. The molecule has 1 aromatic carbocycles. The molecule has 0 heterocycles. The summed E-state index contributed by atoms with van der Waals surface area (Å²) in [5.74, 6) is 0.762. The van der Waals surface area contributed by atoms with Gasteiger partial charge in [0.2, 0.25) is 0 Å². The van der Waals surface area contributed by atoms with Gasteiger partial charge in [-0.25, -0.2) is 0 Å². The highest BCUT2D eigenvalue weighted by Crippen LogP contribution is 2.35. The predicted molar refractivity (Wildman–Crippen MR) is 68.2 cm³/mol. The maximum Gasteiger partial charge on any atom is 0.0666 e. The Balaban J connectivity index is 2.08. The van der Waals surface area contributed by atoms with Gasteiger partial charge in [-0.05, 0) is 43.4 Å². The van der Waals surface area contributed by atoms with Gasteiger partial charge >= 0.3 is 0 Å². The van der Waals surface area contributed by atoms with E-state index in [1.165, 1.54) is 12.8 Å². The quantitative estimate of drug-likeness (QED) is 0.850. The van der Waals surface area contributed by atoms with Gasteiger partial charge in [0.25, 0.3) is 0 Å². The Labute approximate surface area is 102 Å². The Morgan fingerprint density at radius 1 is 1.50 bits per heavy atom. The smallest absolute Gasteiger partial charge is 0.0666 e. The van der Waals surface area contributed by atoms with Gasteiger partial charge in [-0.2, -0.15) is 0 Å². The van der Waals surface area contributed by atoms with Crippen molar-refractivity contribution in [1.82, 2.24) is 0 Å². The van der Waals surface area contributed by atoms with E-state index in [0.717, 1.165) is 28.8 Å². The normalized spacial score (nSPS) is 17.2. The molecule has 1 aliphatic carbocycles. The minimum atomic E-state index is 0.419. The molecule has 0 amide bonds. The first-order valence-corrected chi connectivity index (χ1v) is 6.10. The van der Waals surface area contributed by atoms with E-state index in [2.05, 4.69) is 11.4 Å². The molecule has 0 saturated heterocycles. The van der Waals surface area contributed by atoms with Crippen LogP contribution in [0.25, 0.3) is 0 Å². The van der Waals surface area contributed by atoms with Gasteiger partial charge in [0, 0.05) is 17.8 Å². The zero-order valence-corrected chi connectivity index (χ0v) is 10.6. The third-order valence-corrected chi connectivity index (χ3v) is 3.56. The second-order valence-corrected chi connectivity index (χ2v) is 4.86. The van der Waals surface area contributed by atoms with Gasteiger partial charge in [0.15, 0.2) is 0 Å². The first kappa shape index (κ1) is 11.7. The molecular weight excluding hydrogens is 222 g/mol. The van der Waals surface area contributed by atoms with Crippen LogP contribution in [-0.2, 0) is 4.74 Å². The fourth-order valence-corrected chi connectivity index (χ4v) is 2.11. The van der Waals surface area contributed by atoms with Crippen LogP contribution >= 0.6 is 11.6 Å². The van der Waals surface area contributed by atoms with Crippen LogP contribution in [0.2, 0.25) is 5.02 Å². The molecule has 1 fully saturated rings. The van der Waals surface area contributed by atoms with Crippen LogP contribution in [-0.4, -0.2) is 19.8 Å². The number of ether oxygens (including phenoxy) is 1. The zero-order valence-electron chi connectivity index (χ0n) is 9.79. The lowest BCUT2D eigenvalue weighted by Gasteiger charge is -2.20. The summed E-state index contributed by atoms with van der Waals surface area (Å²) in [4.78, 5) is 0. The van der Waals surface area contributed by atoms with Crippen LogP contribution < -0.4 is 5.32 Å². The predicted octanol–water partition coefficient (Wildman–Crippen LogP) is 3.49. The lowest BCUT2D eigenvalue weighted by atomic mass is 10.1. The number of nitrogens with one attached hydrogen (secondary N) is 1. The molecule has 2 nitrogen and oxygen atoms in total. The van der Waals surface area contributed by atoms with E-state index < -0.39 is 0 Å². The van der Waals surface area contributed by atoms with E-state index in [4.69, 9.17) is 16.3 Å². The summed E-state index contributed by atoms with van der Waals surface area (Å²) in [6.45, 7) is 2.80. The Morgan fingerprint density at radius 2 is 2.25 bits per heavy atom. The molecule has 0 aliphatic heterocycles. The molecule has 3 heteroatoms. The summed E-state index contributed by atoms with van der Waals surface area (Å²) < 4.78 is 5.25. The van der Waals surface area contributed by atoms with Crippen molar-refractivity contribution < 1.29 is 4.74 Å². The fourth-order valence-electron chi connectivity index (χ4n) is 1.94. The molecular formula is C13H18ClNO. The summed E-state index contributed by atoms with van der Waals surface area (Å²) in [5, 5.41) is 4.36. The summed E-state index contributed by atoms with van der Waals surface area (Å²) in [6, 6.07) is 6.40. The van der Waals surface area contributed by atoms with Crippen molar-refractivity contribution in [3.05, 3.63) is 28.8 Å². The first-order valence-electron chi connectivity index (χ1n) is 5.73. The summed E-state index contributed by atoms with van der Waals surface area (Å²) in [7, 11) is 1.75. The number of methoxy groups -OCH3 is 1. The van der Waals surface area contributed by atoms with E-state index in [9.17, 15) is 0 Å². The van der Waals surface area contributed by atoms with Crippen molar-refractivity contribution in [3.63, 3.8) is 0 Å². The van der Waals surface area contributed by atoms with Crippen LogP contribution in [0, 0.1) is 12.8 Å². The highest BCUT2D eigenvalue weighted by Gasteiger charge is 2.31. The fraction of sp³-hybridized carbons (Fsp3) is 0.538. The highest BCUT2D eigenvalue weighted by atomic mass is 35.5. The Kier molecular flexibility index (Phi) is 3.72. The van der Waals surface area contributed by atoms with Crippen molar-refractivity contribution in [2.45, 2.75) is 25.8 Å². The van der Waals surface area contributed by atoms with Crippen LogP contribution in [0.3, 0.4) is 0 Å². The minimum Gasteiger partial charge on any atom is -0.383 e. The SMILES string of the molecule is COCC(Nc1cccc(Cl)c1C)C1CC1. The van der Waals surface area contributed by atoms with Gasteiger partial charge in [-0.15, -0.1) is 0 Å². The molecule has 1 N–H and O–H groups in total. The molecule has 0 spiro atoms. The molecule has 0 aromatic heterocycles. The van der Waals surface area contributed by atoms with Crippen molar-refractivity contribution >= 4 is 17.3 Å². The molecule has 0 bridgehead atoms. The summed E-state index contributed by atoms with van der Waals surface area (Å²) >= 11 is 6.10. The largest absolute Gasteiger partial charge is 0.383 e. The lowest BCUT2D eigenvalue weighted by molar-refractivity contribution is 0.179. The summed E-state index contributed by atoms with van der Waals surface area (Å²) in [5.41, 5.74) is 2.24. The number of benzene rings is 1. The maximum absolute atomic E-state index is 6.10. The monoisotopic (exact) mass is 239 g/mol. The second kappa shape index (κ2) is 5.07. The first-order chi connectivity index (χ1) is 7.72. The maximum atomic E-state index is 6.10. The van der Waals surface area contributed by atoms with Gasteiger partial charge in [0.1, 0.15) is 0 Å². The van der Waals surface area contributed by atoms with E-state index in [0.29, 0.717) is 6.04 Å². The van der Waals surface area contributed by atoms with Crippen molar-refractivity contribution in [1.29, 1.82) is 0 Å². The molecule has 1 unspecified atom stereocenters. The molecule has 16 heavy (non-hydrogen) atoms. The van der Waals surface area contributed by atoms with E-state index in [1.807, 2.05) is 19.1 Å². The van der Waals surface area contributed by atoms with Crippen molar-refractivity contribution in [2.24, 2.45) is 5.92 Å². The van der Waals surface area contributed by atoms with E-state index in [-0.39, 0.29) is 0 Å². The molecule has 88 valence electrons. The number of hydrogen-bond donors (Lipinski definition) is 1. The average molecular weight is 240 g/mol. The Morgan fingerprint density at radius 3 is 2.88 bits per heavy atom. The molecule has 1 aliphatic rings. The lowest BCUT2D eigenvalue weighted by Crippen LogP contribution is -2.27. The van der Waals surface area contributed by atoms with Gasteiger partial charge in [-0.3, -0.25) is 0 Å². The van der Waals surface area contributed by atoms with Gasteiger partial charge < -0.3 is 10.1 Å². The van der Waals surface area contributed by atoms with E-state index in [1.54, 1.807) is 7.11 Å². The van der Waals surface area contributed by atoms with Gasteiger partial charge in [-0.1, -0.05) is 17.7 Å². The highest BCUT2D eigenvalue weighted by molar-refractivity contribution is 6.31. The average Bonchev–Trinajstić information content (AvgIpc) is 3.07. The van der Waals surface area contributed by atoms with Crippen molar-refractivity contribution in [3.8, 4) is 0 Å². The van der Waals surface area contributed by atoms with Crippen LogP contribution in [0.1, 0.15) is 18.4 Å².